The maximum atomic E-state index is 12.8. The van der Waals surface area contributed by atoms with Gasteiger partial charge in [-0.2, -0.15) is 0 Å². The van der Waals surface area contributed by atoms with Gasteiger partial charge in [0.2, 0.25) is 23.6 Å². The summed E-state index contributed by atoms with van der Waals surface area (Å²) in [6.45, 7) is 4.10. The van der Waals surface area contributed by atoms with Crippen LogP contribution in [-0.2, 0) is 38.4 Å². The Labute approximate surface area is 200 Å². The van der Waals surface area contributed by atoms with E-state index in [1.165, 1.54) is 13.8 Å². The Morgan fingerprint density at radius 3 is 1.69 bits per heavy atom. The largest absolute Gasteiger partial charge is 0.481 e. The van der Waals surface area contributed by atoms with Crippen LogP contribution < -0.4 is 21.3 Å². The first-order chi connectivity index (χ1) is 16.2. The number of nitrogens with one attached hydrogen (secondary N) is 4. The van der Waals surface area contributed by atoms with E-state index >= 15 is 0 Å². The molecule has 0 aliphatic rings. The zero-order valence-corrected chi connectivity index (χ0v) is 19.4. The van der Waals surface area contributed by atoms with E-state index in [2.05, 4.69) is 21.3 Å². The van der Waals surface area contributed by atoms with Crippen LogP contribution in [0.15, 0.2) is 0 Å². The molecule has 2 unspecified atom stereocenters. The number of hydrogen-bond acceptors (Lipinski definition) is 8. The van der Waals surface area contributed by atoms with E-state index in [1.807, 2.05) is 0 Å². The van der Waals surface area contributed by atoms with Gasteiger partial charge in [0.15, 0.2) is 0 Å². The lowest BCUT2D eigenvalue weighted by Crippen LogP contribution is -2.58. The van der Waals surface area contributed by atoms with Crippen LogP contribution in [0.5, 0.6) is 0 Å². The van der Waals surface area contributed by atoms with Crippen LogP contribution in [0.2, 0.25) is 0 Å². The second-order valence-electron chi connectivity index (χ2n) is 7.92. The second kappa shape index (κ2) is 15.0. The number of carbonyl (C=O) groups excluding carboxylic acids is 5. The van der Waals surface area contributed by atoms with Crippen LogP contribution in [-0.4, -0.2) is 87.3 Å². The third kappa shape index (κ3) is 12.7. The topological polar surface area (TPSA) is 245 Å². The van der Waals surface area contributed by atoms with Crippen molar-refractivity contribution < 1.29 is 53.7 Å². The molecule has 4 atom stereocenters. The number of carboxylic acids is 3. The smallest absolute Gasteiger partial charge is 0.305 e. The fourth-order valence-electron chi connectivity index (χ4n) is 2.82. The van der Waals surface area contributed by atoms with Crippen molar-refractivity contribution in [1.29, 1.82) is 0 Å². The maximum Gasteiger partial charge on any atom is 0.305 e. The Bertz CT molecular complexity index is 827. The SMILES string of the molecule is CC(=O)NC(CC(=O)O)C(=O)N[C@@H](CCC(=O)O)C(=O)N[C@H](C(=O)NC(C=O)CC(=O)O)C(C)C. The second-order valence-corrected chi connectivity index (χ2v) is 7.92. The molecule has 0 aromatic heterocycles. The quantitative estimate of drug-likeness (QED) is 0.110. The van der Waals surface area contributed by atoms with E-state index in [0.29, 0.717) is 0 Å². The fourth-order valence-corrected chi connectivity index (χ4v) is 2.82. The third-order valence-corrected chi connectivity index (χ3v) is 4.49. The lowest BCUT2D eigenvalue weighted by atomic mass is 10.0. The predicted octanol–water partition coefficient (Wildman–Crippen LogP) is -2.39. The van der Waals surface area contributed by atoms with Gasteiger partial charge in [-0.3, -0.25) is 33.6 Å². The Balaban J connectivity index is 5.66. The minimum atomic E-state index is -1.56. The van der Waals surface area contributed by atoms with Gasteiger partial charge >= 0.3 is 17.9 Å². The lowest BCUT2D eigenvalue weighted by molar-refractivity contribution is -0.141. The number of aldehydes is 1. The fraction of sp³-hybridized carbons (Fsp3) is 0.600. The van der Waals surface area contributed by atoms with Gasteiger partial charge in [0, 0.05) is 13.3 Å². The molecule has 0 aromatic rings. The molecule has 4 amide bonds. The van der Waals surface area contributed by atoms with Gasteiger partial charge < -0.3 is 41.4 Å². The molecule has 0 bridgehead atoms. The van der Waals surface area contributed by atoms with E-state index in [1.54, 1.807) is 0 Å². The molecule has 0 saturated heterocycles. The Morgan fingerprint density at radius 2 is 1.26 bits per heavy atom. The van der Waals surface area contributed by atoms with Crippen molar-refractivity contribution in [2.45, 2.75) is 70.6 Å². The van der Waals surface area contributed by atoms with Gasteiger partial charge in [-0.1, -0.05) is 13.8 Å². The van der Waals surface area contributed by atoms with Gasteiger partial charge in [-0.25, -0.2) is 0 Å². The van der Waals surface area contributed by atoms with Crippen molar-refractivity contribution in [2.75, 3.05) is 0 Å². The van der Waals surface area contributed by atoms with Crippen LogP contribution in [0.4, 0.5) is 0 Å². The first-order valence-electron chi connectivity index (χ1n) is 10.5. The summed E-state index contributed by atoms with van der Waals surface area (Å²) >= 11 is 0. The molecule has 0 spiro atoms. The molecule has 0 aliphatic carbocycles. The lowest BCUT2D eigenvalue weighted by Gasteiger charge is -2.27. The summed E-state index contributed by atoms with van der Waals surface area (Å²) in [7, 11) is 0. The van der Waals surface area contributed by atoms with Crippen LogP contribution in [0.25, 0.3) is 0 Å². The van der Waals surface area contributed by atoms with E-state index in [0.717, 1.165) is 6.92 Å². The van der Waals surface area contributed by atoms with Crippen molar-refractivity contribution in [3.05, 3.63) is 0 Å². The summed E-state index contributed by atoms with van der Waals surface area (Å²) in [5, 5.41) is 35.5. The molecule has 0 aliphatic heterocycles. The highest BCUT2D eigenvalue weighted by Gasteiger charge is 2.32. The van der Waals surface area contributed by atoms with Gasteiger partial charge in [-0.15, -0.1) is 0 Å². The average Bonchev–Trinajstić information content (AvgIpc) is 2.71. The van der Waals surface area contributed by atoms with E-state index in [9.17, 15) is 38.4 Å². The molecule has 7 N–H and O–H groups in total. The monoisotopic (exact) mass is 502 g/mol. The zero-order valence-electron chi connectivity index (χ0n) is 19.4. The molecule has 0 aromatic carbocycles. The number of rotatable bonds is 16. The molecule has 196 valence electrons. The number of carboxylic acid groups (broad SMARTS) is 3. The highest BCUT2D eigenvalue weighted by atomic mass is 16.4. The molecule has 0 heterocycles. The van der Waals surface area contributed by atoms with E-state index in [-0.39, 0.29) is 6.29 Å². The molecule has 0 fully saturated rings. The summed E-state index contributed by atoms with van der Waals surface area (Å²) in [6, 6.07) is -5.75. The molecule has 35 heavy (non-hydrogen) atoms. The van der Waals surface area contributed by atoms with Crippen LogP contribution >= 0.6 is 0 Å². The summed E-state index contributed by atoms with van der Waals surface area (Å²) in [4.78, 5) is 93.1. The maximum absolute atomic E-state index is 12.8. The van der Waals surface area contributed by atoms with Crippen molar-refractivity contribution in [2.24, 2.45) is 5.92 Å². The summed E-state index contributed by atoms with van der Waals surface area (Å²) in [6.07, 6.45) is -2.31. The molecule has 15 nitrogen and oxygen atoms in total. The number of aliphatic carboxylic acids is 3. The molecule has 0 radical (unpaired) electrons. The van der Waals surface area contributed by atoms with Crippen LogP contribution in [0.3, 0.4) is 0 Å². The van der Waals surface area contributed by atoms with Gasteiger partial charge in [0.25, 0.3) is 0 Å². The van der Waals surface area contributed by atoms with Crippen LogP contribution in [0.1, 0.15) is 46.5 Å². The van der Waals surface area contributed by atoms with Crippen molar-refractivity contribution >= 4 is 47.8 Å². The number of carbonyl (C=O) groups is 8. The van der Waals surface area contributed by atoms with Crippen LogP contribution in [0, 0.1) is 5.92 Å². The van der Waals surface area contributed by atoms with Crippen molar-refractivity contribution in [3.63, 3.8) is 0 Å². The van der Waals surface area contributed by atoms with Crippen molar-refractivity contribution in [3.8, 4) is 0 Å². The summed E-state index contributed by atoms with van der Waals surface area (Å²) in [5.41, 5.74) is 0. The zero-order chi connectivity index (χ0) is 27.3. The van der Waals surface area contributed by atoms with E-state index in [4.69, 9.17) is 15.3 Å². The van der Waals surface area contributed by atoms with E-state index < -0.39 is 97.3 Å². The van der Waals surface area contributed by atoms with Crippen molar-refractivity contribution in [1.82, 2.24) is 21.3 Å². The highest BCUT2D eigenvalue weighted by molar-refractivity contribution is 5.96. The number of hydrogen-bond donors (Lipinski definition) is 7. The van der Waals surface area contributed by atoms with Gasteiger partial charge in [0.05, 0.1) is 18.9 Å². The summed E-state index contributed by atoms with van der Waals surface area (Å²) in [5.74, 6) is -8.33. The Hall–Kier alpha value is -4.04. The Kier molecular flexibility index (Phi) is 13.2. The third-order valence-electron chi connectivity index (χ3n) is 4.49. The molecular formula is C20H30N4O11. The summed E-state index contributed by atoms with van der Waals surface area (Å²) < 4.78 is 0. The molecule has 0 saturated carbocycles. The average molecular weight is 502 g/mol. The number of amides is 4. The predicted molar refractivity (Wildman–Crippen MR) is 116 cm³/mol. The minimum Gasteiger partial charge on any atom is -0.481 e. The van der Waals surface area contributed by atoms with Gasteiger partial charge in [-0.05, 0) is 12.3 Å². The first kappa shape index (κ1) is 31.0. The standard InChI is InChI=1S/C20H30N4O11/c1-9(2)17(20(35)22-11(8-25)6-15(29)30)24-18(33)12(4-5-14(27)28)23-19(34)13(7-16(31)32)21-10(3)26/h8-9,11-13,17H,4-7H2,1-3H3,(H,21,26)(H,22,35)(H,23,34)(H,24,33)(H,27,28)(H,29,30)(H,31,32)/t11?,12-,13?,17-/m0/s1. The van der Waals surface area contributed by atoms with Gasteiger partial charge in [0.1, 0.15) is 24.4 Å². The molecule has 0 rings (SSSR count). The minimum absolute atomic E-state index is 0.214. The normalized spacial score (nSPS) is 13.9. The molecular weight excluding hydrogens is 472 g/mol. The first-order valence-corrected chi connectivity index (χ1v) is 10.5. The Morgan fingerprint density at radius 1 is 0.714 bits per heavy atom. The molecule has 15 heteroatoms. The highest BCUT2D eigenvalue weighted by Crippen LogP contribution is 2.07.